The van der Waals surface area contributed by atoms with Crippen molar-refractivity contribution in [1.29, 1.82) is 0 Å². The Kier molecular flexibility index (Phi) is 4.20. The van der Waals surface area contributed by atoms with Crippen molar-refractivity contribution in [2.24, 2.45) is 17.3 Å². The highest BCUT2D eigenvalue weighted by Gasteiger charge is 2.52. The summed E-state index contributed by atoms with van der Waals surface area (Å²) in [5, 5.41) is 0. The number of hydrogen-bond acceptors (Lipinski definition) is 2. The van der Waals surface area contributed by atoms with Gasteiger partial charge in [0.25, 0.3) is 0 Å². The molecule has 1 fully saturated rings. The lowest BCUT2D eigenvalue weighted by molar-refractivity contribution is -0.00851. The molecule has 2 nitrogen and oxygen atoms in total. The zero-order valence-corrected chi connectivity index (χ0v) is 15.3. The van der Waals surface area contributed by atoms with Crippen molar-refractivity contribution in [3.8, 4) is 5.75 Å². The van der Waals surface area contributed by atoms with E-state index in [0.717, 1.165) is 37.0 Å². The Balaban J connectivity index is 1.65. The molecule has 0 N–H and O–H groups in total. The smallest absolute Gasteiger partial charge is 0.119 e. The highest BCUT2D eigenvalue weighted by Crippen LogP contribution is 2.59. The second-order valence-electron chi connectivity index (χ2n) is 8.09. The van der Waals surface area contributed by atoms with Gasteiger partial charge >= 0.3 is 0 Å². The van der Waals surface area contributed by atoms with Crippen LogP contribution in [0, 0.1) is 17.3 Å². The molecule has 2 unspecified atom stereocenters. The van der Waals surface area contributed by atoms with Crippen molar-refractivity contribution in [2.45, 2.75) is 58.5 Å². The summed E-state index contributed by atoms with van der Waals surface area (Å²) < 4.78 is 11.7. The van der Waals surface area contributed by atoms with Gasteiger partial charge in [-0.15, -0.1) is 0 Å². The van der Waals surface area contributed by atoms with E-state index in [9.17, 15) is 0 Å². The summed E-state index contributed by atoms with van der Waals surface area (Å²) in [7, 11) is 1.89. The van der Waals surface area contributed by atoms with Gasteiger partial charge in [-0.3, -0.25) is 0 Å². The molecule has 3 aliphatic rings. The van der Waals surface area contributed by atoms with E-state index in [1.807, 2.05) is 7.11 Å². The standard InChI is InChI=1S/C22H30O2/c1-4-13-24-16-6-8-17-15(14-16)5-7-19-18(17)11-12-22(2)20(19)9-10-21(22)23-3/h6,8,11,14,19-21H,4-5,7,9-10,12-13H2,1-3H3/t19?,20?,21-,22-/m0/s1. The van der Waals surface area contributed by atoms with Gasteiger partial charge in [0, 0.05) is 12.5 Å². The Bertz CT molecular complexity index is 647. The third-order valence-corrected chi connectivity index (χ3v) is 6.84. The van der Waals surface area contributed by atoms with Gasteiger partial charge in [0.05, 0.1) is 12.7 Å². The molecule has 1 aromatic carbocycles. The molecule has 1 aromatic rings. The molecule has 0 saturated heterocycles. The fraction of sp³-hybridized carbons (Fsp3) is 0.636. The lowest BCUT2D eigenvalue weighted by Crippen LogP contribution is -2.40. The van der Waals surface area contributed by atoms with E-state index < -0.39 is 0 Å². The number of aryl methyl sites for hydroxylation is 1. The topological polar surface area (TPSA) is 18.5 Å². The average molecular weight is 326 g/mol. The maximum Gasteiger partial charge on any atom is 0.119 e. The van der Waals surface area contributed by atoms with E-state index in [4.69, 9.17) is 9.47 Å². The fourth-order valence-electron chi connectivity index (χ4n) is 5.60. The number of fused-ring (bicyclic) bond motifs is 5. The van der Waals surface area contributed by atoms with E-state index in [1.54, 1.807) is 5.57 Å². The van der Waals surface area contributed by atoms with Crippen LogP contribution in [0.5, 0.6) is 5.75 Å². The second-order valence-corrected chi connectivity index (χ2v) is 8.09. The number of benzene rings is 1. The lowest BCUT2D eigenvalue weighted by Gasteiger charge is -2.46. The zero-order chi connectivity index (χ0) is 16.7. The molecule has 4 rings (SSSR count). The molecule has 2 heteroatoms. The number of rotatable bonds is 4. The van der Waals surface area contributed by atoms with E-state index in [2.05, 4.69) is 38.1 Å². The van der Waals surface area contributed by atoms with Crippen LogP contribution in [0.3, 0.4) is 0 Å². The summed E-state index contributed by atoms with van der Waals surface area (Å²) in [5.41, 5.74) is 4.91. The molecule has 0 radical (unpaired) electrons. The molecule has 3 aliphatic carbocycles. The number of allylic oxidation sites excluding steroid dienone is 2. The van der Waals surface area contributed by atoms with Gasteiger partial charge in [0.15, 0.2) is 0 Å². The van der Waals surface area contributed by atoms with Gasteiger partial charge in [-0.2, -0.15) is 0 Å². The molecule has 4 atom stereocenters. The average Bonchev–Trinajstić information content (AvgIpc) is 2.95. The first-order valence-electron chi connectivity index (χ1n) is 9.66. The molecule has 0 heterocycles. The molecular formula is C22H30O2. The fourth-order valence-corrected chi connectivity index (χ4v) is 5.60. The van der Waals surface area contributed by atoms with Crippen LogP contribution >= 0.6 is 0 Å². The second kappa shape index (κ2) is 6.22. The summed E-state index contributed by atoms with van der Waals surface area (Å²) >= 11 is 0. The van der Waals surface area contributed by atoms with Crippen molar-refractivity contribution < 1.29 is 9.47 Å². The van der Waals surface area contributed by atoms with Crippen LogP contribution in [-0.4, -0.2) is 19.8 Å². The third-order valence-electron chi connectivity index (χ3n) is 6.84. The third kappa shape index (κ3) is 2.42. The molecule has 0 spiro atoms. The predicted octanol–water partition coefficient (Wildman–Crippen LogP) is 5.26. The maximum atomic E-state index is 5.84. The van der Waals surface area contributed by atoms with E-state index in [1.165, 1.54) is 36.8 Å². The minimum absolute atomic E-state index is 0.338. The van der Waals surface area contributed by atoms with Crippen LogP contribution in [-0.2, 0) is 11.2 Å². The Labute approximate surface area is 146 Å². The quantitative estimate of drug-likeness (QED) is 0.752. The number of methoxy groups -OCH3 is 1. The summed E-state index contributed by atoms with van der Waals surface area (Å²) in [6, 6.07) is 6.75. The highest BCUT2D eigenvalue weighted by molar-refractivity contribution is 5.73. The minimum Gasteiger partial charge on any atom is -0.494 e. The first-order chi connectivity index (χ1) is 11.7. The van der Waals surface area contributed by atoms with E-state index in [-0.39, 0.29) is 0 Å². The highest BCUT2D eigenvalue weighted by atomic mass is 16.5. The van der Waals surface area contributed by atoms with E-state index >= 15 is 0 Å². The van der Waals surface area contributed by atoms with Crippen molar-refractivity contribution in [3.05, 3.63) is 35.4 Å². The molecule has 130 valence electrons. The Morgan fingerprint density at radius 3 is 2.88 bits per heavy atom. The predicted molar refractivity (Wildman–Crippen MR) is 98.3 cm³/mol. The number of hydrogen-bond donors (Lipinski definition) is 0. The van der Waals surface area contributed by atoms with Crippen molar-refractivity contribution in [2.75, 3.05) is 13.7 Å². The molecule has 0 bridgehead atoms. The summed E-state index contributed by atoms with van der Waals surface area (Å²) in [6.45, 7) is 5.42. The van der Waals surface area contributed by atoms with Gasteiger partial charge in [-0.25, -0.2) is 0 Å². The molecule has 1 saturated carbocycles. The van der Waals surface area contributed by atoms with Crippen LogP contribution in [0.4, 0.5) is 0 Å². The SMILES string of the molecule is CCCOc1ccc2c(c1)CCC1C2=CC[C@@]2(C)C1CC[C@@H]2OC. The van der Waals surface area contributed by atoms with Crippen LogP contribution < -0.4 is 4.74 Å². The monoisotopic (exact) mass is 326 g/mol. The number of ether oxygens (including phenoxy) is 2. The lowest BCUT2D eigenvalue weighted by atomic mass is 9.60. The minimum atomic E-state index is 0.338. The van der Waals surface area contributed by atoms with Crippen molar-refractivity contribution >= 4 is 5.57 Å². The molecule has 0 aliphatic heterocycles. The molecule has 0 aromatic heterocycles. The largest absolute Gasteiger partial charge is 0.494 e. The van der Waals surface area contributed by atoms with Gasteiger partial charge in [-0.1, -0.05) is 26.0 Å². The normalized spacial score (nSPS) is 34.1. The van der Waals surface area contributed by atoms with Crippen LogP contribution in [0.1, 0.15) is 57.1 Å². The molecule has 0 amide bonds. The first-order valence-corrected chi connectivity index (χ1v) is 9.66. The Morgan fingerprint density at radius 1 is 1.21 bits per heavy atom. The summed E-state index contributed by atoms with van der Waals surface area (Å²) in [4.78, 5) is 0. The first kappa shape index (κ1) is 16.2. The summed E-state index contributed by atoms with van der Waals surface area (Å²) in [6.07, 6.45) is 10.2. The van der Waals surface area contributed by atoms with Gasteiger partial charge in [-0.05, 0) is 79.2 Å². The Morgan fingerprint density at radius 2 is 2.08 bits per heavy atom. The van der Waals surface area contributed by atoms with Crippen LogP contribution in [0.2, 0.25) is 0 Å². The molecule has 24 heavy (non-hydrogen) atoms. The van der Waals surface area contributed by atoms with Gasteiger partial charge in [0.2, 0.25) is 0 Å². The van der Waals surface area contributed by atoms with Crippen molar-refractivity contribution in [3.63, 3.8) is 0 Å². The summed E-state index contributed by atoms with van der Waals surface area (Å²) in [5.74, 6) is 2.54. The molecular weight excluding hydrogens is 296 g/mol. The van der Waals surface area contributed by atoms with Gasteiger partial charge < -0.3 is 9.47 Å². The maximum absolute atomic E-state index is 5.84. The Hall–Kier alpha value is -1.28. The van der Waals surface area contributed by atoms with Crippen LogP contribution in [0.25, 0.3) is 5.57 Å². The zero-order valence-electron chi connectivity index (χ0n) is 15.3. The van der Waals surface area contributed by atoms with E-state index in [0.29, 0.717) is 11.5 Å². The van der Waals surface area contributed by atoms with Crippen molar-refractivity contribution in [1.82, 2.24) is 0 Å². The van der Waals surface area contributed by atoms with Gasteiger partial charge in [0.1, 0.15) is 5.75 Å². The van der Waals surface area contributed by atoms with Crippen LogP contribution in [0.15, 0.2) is 24.3 Å².